The van der Waals surface area contributed by atoms with Crippen molar-refractivity contribution in [2.24, 2.45) is 11.7 Å². The van der Waals surface area contributed by atoms with E-state index in [9.17, 15) is 0 Å². The van der Waals surface area contributed by atoms with E-state index in [2.05, 4.69) is 37.8 Å². The van der Waals surface area contributed by atoms with Crippen molar-refractivity contribution in [1.29, 1.82) is 0 Å². The molecule has 2 atom stereocenters. The molecule has 2 unspecified atom stereocenters. The van der Waals surface area contributed by atoms with Crippen LogP contribution in [0.25, 0.3) is 0 Å². The summed E-state index contributed by atoms with van der Waals surface area (Å²) in [4.78, 5) is 4.45. The largest absolute Gasteiger partial charge is 0.339 e. The van der Waals surface area contributed by atoms with E-state index < -0.39 is 0 Å². The number of nitrogens with zero attached hydrogens (tertiary/aromatic N) is 2. The summed E-state index contributed by atoms with van der Waals surface area (Å²) < 4.78 is 5.30. The van der Waals surface area contributed by atoms with Gasteiger partial charge in [-0.15, -0.1) is 0 Å². The van der Waals surface area contributed by atoms with Gasteiger partial charge in [0.25, 0.3) is 0 Å². The Bertz CT molecular complexity index is 309. The average molecular weight is 225 g/mol. The van der Waals surface area contributed by atoms with Crippen LogP contribution in [-0.4, -0.2) is 16.7 Å². The number of rotatable bonds is 6. The molecule has 1 heterocycles. The highest BCUT2D eigenvalue weighted by Crippen LogP contribution is 2.23. The molecular weight excluding hydrogens is 202 g/mol. The minimum atomic E-state index is 0.199. The van der Waals surface area contributed by atoms with E-state index in [1.807, 2.05) is 0 Å². The zero-order valence-corrected chi connectivity index (χ0v) is 10.7. The first-order valence-electron chi connectivity index (χ1n) is 6.12. The Morgan fingerprint density at radius 3 is 2.50 bits per heavy atom. The lowest BCUT2D eigenvalue weighted by atomic mass is 9.97. The van der Waals surface area contributed by atoms with Crippen LogP contribution in [0, 0.1) is 5.92 Å². The van der Waals surface area contributed by atoms with E-state index in [4.69, 9.17) is 10.3 Å². The zero-order valence-electron chi connectivity index (χ0n) is 10.7. The van der Waals surface area contributed by atoms with Crippen LogP contribution in [0.4, 0.5) is 0 Å². The molecule has 0 bridgehead atoms. The topological polar surface area (TPSA) is 64.9 Å². The molecule has 0 amide bonds. The van der Waals surface area contributed by atoms with Crippen LogP contribution >= 0.6 is 0 Å². The van der Waals surface area contributed by atoms with Gasteiger partial charge in [0.15, 0.2) is 5.82 Å². The van der Waals surface area contributed by atoms with Crippen molar-refractivity contribution < 1.29 is 4.52 Å². The Morgan fingerprint density at radius 2 is 2.00 bits per heavy atom. The lowest BCUT2D eigenvalue weighted by Gasteiger charge is -2.12. The molecule has 1 rings (SSSR count). The summed E-state index contributed by atoms with van der Waals surface area (Å²) in [7, 11) is 0. The van der Waals surface area contributed by atoms with Crippen molar-refractivity contribution >= 4 is 0 Å². The maximum Gasteiger partial charge on any atom is 0.231 e. The highest BCUT2D eigenvalue weighted by atomic mass is 16.5. The SMILES string of the molecule is CCC(C)c1noc(C(CN)CC(C)C)n1. The second-order valence-corrected chi connectivity index (χ2v) is 4.86. The van der Waals surface area contributed by atoms with Crippen molar-refractivity contribution in [3.05, 3.63) is 11.7 Å². The van der Waals surface area contributed by atoms with Crippen LogP contribution in [-0.2, 0) is 0 Å². The second-order valence-electron chi connectivity index (χ2n) is 4.86. The van der Waals surface area contributed by atoms with Gasteiger partial charge in [-0.25, -0.2) is 0 Å². The number of aromatic nitrogens is 2. The maximum absolute atomic E-state index is 5.74. The first-order valence-corrected chi connectivity index (χ1v) is 6.12. The first kappa shape index (κ1) is 13.2. The molecular formula is C12H23N3O. The molecule has 1 aromatic rings. The minimum absolute atomic E-state index is 0.199. The van der Waals surface area contributed by atoms with Crippen LogP contribution in [0.2, 0.25) is 0 Å². The van der Waals surface area contributed by atoms with Crippen LogP contribution in [0.1, 0.15) is 64.1 Å². The molecule has 1 aromatic heterocycles. The highest BCUT2D eigenvalue weighted by molar-refractivity contribution is 4.98. The lowest BCUT2D eigenvalue weighted by Crippen LogP contribution is -2.15. The molecule has 0 saturated heterocycles. The van der Waals surface area contributed by atoms with Gasteiger partial charge in [-0.3, -0.25) is 0 Å². The Balaban J connectivity index is 2.74. The highest BCUT2D eigenvalue weighted by Gasteiger charge is 2.20. The van der Waals surface area contributed by atoms with E-state index in [1.165, 1.54) is 0 Å². The number of hydrogen-bond acceptors (Lipinski definition) is 4. The standard InChI is InChI=1S/C12H23N3O/c1-5-9(4)11-14-12(16-15-11)10(7-13)6-8(2)3/h8-10H,5-7,13H2,1-4H3. The Morgan fingerprint density at radius 1 is 1.31 bits per heavy atom. The van der Waals surface area contributed by atoms with Gasteiger partial charge in [0.05, 0.1) is 5.92 Å². The predicted octanol–water partition coefficient (Wildman–Crippen LogP) is 2.67. The van der Waals surface area contributed by atoms with E-state index in [1.54, 1.807) is 0 Å². The van der Waals surface area contributed by atoms with E-state index >= 15 is 0 Å². The van der Waals surface area contributed by atoms with Gasteiger partial charge >= 0.3 is 0 Å². The molecule has 0 fully saturated rings. The van der Waals surface area contributed by atoms with Crippen molar-refractivity contribution in [1.82, 2.24) is 10.1 Å². The summed E-state index contributed by atoms with van der Waals surface area (Å²) in [6, 6.07) is 0. The van der Waals surface area contributed by atoms with Gasteiger partial charge in [-0.05, 0) is 18.8 Å². The third-order valence-corrected chi connectivity index (χ3v) is 2.90. The fourth-order valence-corrected chi connectivity index (χ4v) is 1.66. The Kier molecular flexibility index (Phi) is 4.93. The van der Waals surface area contributed by atoms with Crippen LogP contribution < -0.4 is 5.73 Å². The molecule has 16 heavy (non-hydrogen) atoms. The second kappa shape index (κ2) is 5.99. The van der Waals surface area contributed by atoms with Gasteiger partial charge in [0.2, 0.25) is 5.89 Å². The molecule has 0 aliphatic carbocycles. The normalized spacial score (nSPS) is 15.4. The third kappa shape index (κ3) is 3.30. The van der Waals surface area contributed by atoms with E-state index in [0.717, 1.165) is 18.7 Å². The Hall–Kier alpha value is -0.900. The molecule has 0 spiro atoms. The van der Waals surface area contributed by atoms with E-state index in [-0.39, 0.29) is 5.92 Å². The summed E-state index contributed by atoms with van der Waals surface area (Å²) in [5.41, 5.74) is 5.74. The van der Waals surface area contributed by atoms with Crippen LogP contribution in [0.3, 0.4) is 0 Å². The Labute approximate surface area is 97.6 Å². The van der Waals surface area contributed by atoms with Crippen LogP contribution in [0.15, 0.2) is 4.52 Å². The molecule has 0 radical (unpaired) electrons. The third-order valence-electron chi connectivity index (χ3n) is 2.90. The van der Waals surface area contributed by atoms with Crippen molar-refractivity contribution in [2.45, 2.75) is 52.4 Å². The summed E-state index contributed by atoms with van der Waals surface area (Å²) in [6.45, 7) is 9.15. The predicted molar refractivity (Wildman–Crippen MR) is 64.3 cm³/mol. The van der Waals surface area contributed by atoms with Crippen LogP contribution in [0.5, 0.6) is 0 Å². The summed E-state index contributed by atoms with van der Waals surface area (Å²) >= 11 is 0. The monoisotopic (exact) mass is 225 g/mol. The smallest absolute Gasteiger partial charge is 0.231 e. The fourth-order valence-electron chi connectivity index (χ4n) is 1.66. The maximum atomic E-state index is 5.74. The quantitative estimate of drug-likeness (QED) is 0.808. The van der Waals surface area contributed by atoms with Gasteiger partial charge in [0.1, 0.15) is 0 Å². The summed E-state index contributed by atoms with van der Waals surface area (Å²) in [6.07, 6.45) is 2.02. The molecule has 0 aliphatic rings. The van der Waals surface area contributed by atoms with Crippen molar-refractivity contribution in [3.8, 4) is 0 Å². The number of nitrogens with two attached hydrogens (primary N) is 1. The molecule has 0 saturated carbocycles. The molecule has 4 nitrogen and oxygen atoms in total. The van der Waals surface area contributed by atoms with Gasteiger partial charge in [-0.1, -0.05) is 32.9 Å². The number of hydrogen-bond donors (Lipinski definition) is 1. The van der Waals surface area contributed by atoms with Gasteiger partial charge in [-0.2, -0.15) is 4.98 Å². The zero-order chi connectivity index (χ0) is 12.1. The molecule has 2 N–H and O–H groups in total. The molecule has 4 heteroatoms. The lowest BCUT2D eigenvalue weighted by molar-refractivity contribution is 0.330. The van der Waals surface area contributed by atoms with Crippen molar-refractivity contribution in [2.75, 3.05) is 6.54 Å². The minimum Gasteiger partial charge on any atom is -0.339 e. The molecule has 0 aliphatic heterocycles. The summed E-state index contributed by atoms with van der Waals surface area (Å²) in [5.74, 6) is 2.65. The molecule has 92 valence electrons. The average Bonchev–Trinajstić information content (AvgIpc) is 2.73. The van der Waals surface area contributed by atoms with Gasteiger partial charge < -0.3 is 10.3 Å². The molecule has 0 aromatic carbocycles. The first-order chi connectivity index (χ1) is 7.58. The fraction of sp³-hybridized carbons (Fsp3) is 0.833. The van der Waals surface area contributed by atoms with E-state index in [0.29, 0.717) is 24.3 Å². The summed E-state index contributed by atoms with van der Waals surface area (Å²) in [5, 5.41) is 4.02. The van der Waals surface area contributed by atoms with Gasteiger partial charge in [0, 0.05) is 12.5 Å². The van der Waals surface area contributed by atoms with Crippen molar-refractivity contribution in [3.63, 3.8) is 0 Å².